The van der Waals surface area contributed by atoms with Gasteiger partial charge in [-0.2, -0.15) is 5.10 Å². The van der Waals surface area contributed by atoms with Crippen LogP contribution in [-0.2, 0) is 0 Å². The number of phenolic OH excluding ortho intramolecular Hbond substituents is 1. The highest BCUT2D eigenvalue weighted by molar-refractivity contribution is 6.07. The number of hydrogen-bond donors (Lipinski definition) is 3. The van der Waals surface area contributed by atoms with Gasteiger partial charge in [-0.15, -0.1) is 0 Å². The Hall–Kier alpha value is -3.00. The van der Waals surface area contributed by atoms with Gasteiger partial charge in [-0.1, -0.05) is 0 Å². The topological polar surface area (TPSA) is 94.1 Å². The average Bonchev–Trinajstić information content (AvgIpc) is 3.26. The van der Waals surface area contributed by atoms with Gasteiger partial charge in [0.1, 0.15) is 0 Å². The molecular formula is C22H26FN5O2. The maximum atomic E-state index is 13.8. The summed E-state index contributed by atoms with van der Waals surface area (Å²) in [6.07, 6.45) is 3.21. The van der Waals surface area contributed by atoms with E-state index in [0.29, 0.717) is 52.2 Å². The number of nitrogens with zero attached hydrogens (tertiary/aromatic N) is 3. The molecule has 1 aliphatic heterocycles. The molecule has 8 heteroatoms. The van der Waals surface area contributed by atoms with Crippen LogP contribution in [0.5, 0.6) is 5.75 Å². The van der Waals surface area contributed by atoms with Crippen LogP contribution in [0, 0.1) is 12.7 Å². The number of aromatic nitrogens is 3. The fourth-order valence-corrected chi connectivity index (χ4v) is 4.17. The van der Waals surface area contributed by atoms with Crippen LogP contribution in [0.2, 0.25) is 0 Å². The minimum Gasteiger partial charge on any atom is -0.505 e. The molecule has 30 heavy (non-hydrogen) atoms. The molecule has 0 radical (unpaired) electrons. The van der Waals surface area contributed by atoms with Crippen LogP contribution in [0.3, 0.4) is 0 Å². The van der Waals surface area contributed by atoms with Crippen molar-refractivity contribution in [2.75, 3.05) is 13.6 Å². The van der Waals surface area contributed by atoms with Crippen molar-refractivity contribution >= 4 is 16.9 Å². The van der Waals surface area contributed by atoms with Crippen LogP contribution in [0.1, 0.15) is 42.2 Å². The summed E-state index contributed by atoms with van der Waals surface area (Å²) in [7, 11) is 2.13. The summed E-state index contributed by atoms with van der Waals surface area (Å²) in [4.78, 5) is 19.9. The second-order valence-corrected chi connectivity index (χ2v) is 8.04. The lowest BCUT2D eigenvalue weighted by Crippen LogP contribution is -2.34. The first-order chi connectivity index (χ1) is 14.3. The normalized spacial score (nSPS) is 19.5. The van der Waals surface area contributed by atoms with E-state index in [2.05, 4.69) is 39.4 Å². The summed E-state index contributed by atoms with van der Waals surface area (Å²) in [6.45, 7) is 4.61. The van der Waals surface area contributed by atoms with Crippen molar-refractivity contribution in [1.29, 1.82) is 0 Å². The Morgan fingerprint density at radius 2 is 2.17 bits per heavy atom. The third-order valence-electron chi connectivity index (χ3n) is 6.15. The van der Waals surface area contributed by atoms with E-state index < -0.39 is 11.6 Å². The molecule has 0 bridgehead atoms. The first-order valence-corrected chi connectivity index (χ1v) is 10.2. The van der Waals surface area contributed by atoms with Gasteiger partial charge in [0, 0.05) is 24.2 Å². The molecule has 3 aromatic rings. The number of fused-ring (bicyclic) bond motifs is 1. The Kier molecular flexibility index (Phi) is 5.42. The van der Waals surface area contributed by atoms with Gasteiger partial charge in [0.15, 0.2) is 17.2 Å². The number of hydrogen-bond acceptors (Lipinski definition) is 5. The van der Waals surface area contributed by atoms with Crippen LogP contribution in [0.25, 0.3) is 22.3 Å². The van der Waals surface area contributed by atoms with Gasteiger partial charge in [-0.25, -0.2) is 9.37 Å². The molecule has 3 heterocycles. The van der Waals surface area contributed by atoms with Crippen molar-refractivity contribution in [2.24, 2.45) is 0 Å². The molecule has 1 saturated heterocycles. The Balaban J connectivity index is 1.59. The third kappa shape index (κ3) is 3.75. The van der Waals surface area contributed by atoms with Crippen LogP contribution in [-0.4, -0.2) is 56.8 Å². The van der Waals surface area contributed by atoms with Crippen molar-refractivity contribution in [3.8, 4) is 17.0 Å². The summed E-state index contributed by atoms with van der Waals surface area (Å²) in [5.41, 5.74) is 2.49. The number of halogens is 1. The van der Waals surface area contributed by atoms with Gasteiger partial charge in [-0.05, 0) is 64.4 Å². The van der Waals surface area contributed by atoms with E-state index in [9.17, 15) is 14.3 Å². The first-order valence-electron chi connectivity index (χ1n) is 10.2. The summed E-state index contributed by atoms with van der Waals surface area (Å²) in [5, 5.41) is 20.1. The number of H-pyrrole nitrogens is 1. The lowest BCUT2D eigenvalue weighted by molar-refractivity contribution is 0.0951. The summed E-state index contributed by atoms with van der Waals surface area (Å²) in [6, 6.07) is 6.74. The Labute approximate surface area is 174 Å². The molecule has 7 nitrogen and oxygen atoms in total. The number of benzene rings is 1. The van der Waals surface area contributed by atoms with E-state index in [1.807, 2.05) is 6.92 Å². The van der Waals surface area contributed by atoms with E-state index in [0.717, 1.165) is 12.8 Å². The molecule has 4 rings (SSSR count). The summed E-state index contributed by atoms with van der Waals surface area (Å²) in [5.74, 6) is -1.38. The van der Waals surface area contributed by atoms with Crippen molar-refractivity contribution < 1.29 is 14.3 Å². The Morgan fingerprint density at radius 1 is 1.37 bits per heavy atom. The lowest BCUT2D eigenvalue weighted by atomic mass is 10.0. The smallest absolute Gasteiger partial charge is 0.252 e. The fraction of sp³-hybridized carbons (Fsp3) is 0.409. The zero-order valence-electron chi connectivity index (χ0n) is 17.4. The largest absolute Gasteiger partial charge is 0.505 e. The van der Waals surface area contributed by atoms with E-state index in [-0.39, 0.29) is 5.91 Å². The number of nitrogens with one attached hydrogen (secondary N) is 2. The monoisotopic (exact) mass is 411 g/mol. The Bertz CT molecular complexity index is 1100. The molecule has 0 saturated carbocycles. The number of carbonyl (C=O) groups excluding carboxylic acids is 1. The van der Waals surface area contributed by atoms with Crippen molar-refractivity contribution in [3.63, 3.8) is 0 Å². The predicted molar refractivity (Wildman–Crippen MR) is 113 cm³/mol. The highest BCUT2D eigenvalue weighted by Crippen LogP contribution is 2.28. The van der Waals surface area contributed by atoms with E-state index >= 15 is 0 Å². The van der Waals surface area contributed by atoms with Crippen LogP contribution >= 0.6 is 0 Å². The first kappa shape index (κ1) is 20.3. The van der Waals surface area contributed by atoms with Crippen LogP contribution in [0.4, 0.5) is 4.39 Å². The maximum Gasteiger partial charge on any atom is 0.252 e. The van der Waals surface area contributed by atoms with Crippen molar-refractivity contribution in [1.82, 2.24) is 25.4 Å². The molecule has 0 spiro atoms. The molecule has 2 atom stereocenters. The molecule has 158 valence electrons. The number of aryl methyl sites for hydroxylation is 1. The number of aromatic hydroxyl groups is 1. The minimum absolute atomic E-state index is 0.207. The molecule has 2 unspecified atom stereocenters. The fourth-order valence-electron chi connectivity index (χ4n) is 4.17. The predicted octanol–water partition coefficient (Wildman–Crippen LogP) is 3.38. The molecule has 0 aliphatic carbocycles. The van der Waals surface area contributed by atoms with Crippen LogP contribution < -0.4 is 5.32 Å². The quantitative estimate of drug-likeness (QED) is 0.598. The molecule has 3 N–H and O–H groups in total. The third-order valence-corrected chi connectivity index (χ3v) is 6.15. The lowest BCUT2D eigenvalue weighted by Gasteiger charge is -2.23. The molecular weight excluding hydrogens is 385 g/mol. The average molecular weight is 411 g/mol. The van der Waals surface area contributed by atoms with Crippen molar-refractivity contribution in [2.45, 2.75) is 45.2 Å². The molecule has 1 aromatic carbocycles. The summed E-state index contributed by atoms with van der Waals surface area (Å²) < 4.78 is 13.8. The number of rotatable bonds is 5. The summed E-state index contributed by atoms with van der Waals surface area (Å²) >= 11 is 0. The standard InChI is InChI=1S/C22H26FN5O2/c1-12-4-6-15(28(12)3)8-9-24-22(30)16-11-18(14-5-7-19(29)17(23)10-14)25-21-20(16)13(2)26-27-21/h5,7,10-12,15,29H,4,6,8-9H2,1-3H3,(H,24,30)(H,25,26,27). The zero-order chi connectivity index (χ0) is 21.4. The van der Waals surface area contributed by atoms with Gasteiger partial charge >= 0.3 is 0 Å². The highest BCUT2D eigenvalue weighted by atomic mass is 19.1. The molecule has 2 aromatic heterocycles. The van der Waals surface area contributed by atoms with Crippen LogP contribution in [0.15, 0.2) is 24.3 Å². The number of amides is 1. The number of phenols is 1. The second kappa shape index (κ2) is 8.02. The van der Waals surface area contributed by atoms with E-state index in [1.54, 1.807) is 12.1 Å². The van der Waals surface area contributed by atoms with Gasteiger partial charge < -0.3 is 15.3 Å². The molecule has 1 amide bonds. The Morgan fingerprint density at radius 3 is 2.87 bits per heavy atom. The maximum absolute atomic E-state index is 13.8. The van der Waals surface area contributed by atoms with Gasteiger partial charge in [0.05, 0.1) is 22.3 Å². The van der Waals surface area contributed by atoms with E-state index in [1.165, 1.54) is 18.6 Å². The van der Waals surface area contributed by atoms with Gasteiger partial charge in [-0.3, -0.25) is 9.89 Å². The number of likely N-dealkylation sites (tertiary alicyclic amines) is 1. The van der Waals surface area contributed by atoms with Crippen molar-refractivity contribution in [3.05, 3.63) is 41.3 Å². The second-order valence-electron chi connectivity index (χ2n) is 8.04. The van der Waals surface area contributed by atoms with Gasteiger partial charge in [0.2, 0.25) is 0 Å². The molecule has 1 aliphatic rings. The minimum atomic E-state index is -0.740. The number of carbonyl (C=O) groups is 1. The molecule has 1 fully saturated rings. The highest BCUT2D eigenvalue weighted by Gasteiger charge is 2.27. The SMILES string of the molecule is Cc1n[nH]c2nc(-c3ccc(O)c(F)c3)cc(C(=O)NCCC3CCC(C)N3C)c12. The number of pyridine rings is 1. The van der Waals surface area contributed by atoms with Gasteiger partial charge in [0.25, 0.3) is 5.91 Å². The number of aromatic amines is 1. The zero-order valence-corrected chi connectivity index (χ0v) is 17.4. The van der Waals surface area contributed by atoms with E-state index in [4.69, 9.17) is 0 Å².